The molecule has 0 fully saturated rings. The first-order valence-corrected chi connectivity index (χ1v) is 8.43. The van der Waals surface area contributed by atoms with Crippen molar-refractivity contribution in [2.45, 2.75) is 27.2 Å². The molecular formula is C19H21N5O2. The van der Waals surface area contributed by atoms with Gasteiger partial charge in [0.1, 0.15) is 11.6 Å². The summed E-state index contributed by atoms with van der Waals surface area (Å²) in [5.74, 6) is 2.85. The predicted octanol–water partition coefficient (Wildman–Crippen LogP) is 3.75. The number of imidazole rings is 1. The lowest BCUT2D eigenvalue weighted by molar-refractivity contribution is -0.116. The molecule has 2 heterocycles. The van der Waals surface area contributed by atoms with Gasteiger partial charge in [-0.15, -0.1) is 10.2 Å². The number of nitrogens with one attached hydrogen (secondary N) is 1. The van der Waals surface area contributed by atoms with E-state index in [2.05, 4.69) is 20.5 Å². The lowest BCUT2D eigenvalue weighted by Gasteiger charge is -2.09. The minimum atomic E-state index is 0.00455. The third kappa shape index (κ3) is 4.44. The molecule has 0 saturated heterocycles. The van der Waals surface area contributed by atoms with Gasteiger partial charge in [0.2, 0.25) is 11.8 Å². The number of hydrogen-bond donors (Lipinski definition) is 1. The minimum absolute atomic E-state index is 0.00455. The van der Waals surface area contributed by atoms with Crippen molar-refractivity contribution in [3.63, 3.8) is 0 Å². The largest absolute Gasteiger partial charge is 0.438 e. The number of aryl methyl sites for hydroxylation is 1. The third-order valence-corrected chi connectivity index (χ3v) is 3.65. The topological polar surface area (TPSA) is 81.9 Å². The molecule has 0 spiro atoms. The van der Waals surface area contributed by atoms with Crippen LogP contribution in [0.4, 0.5) is 5.69 Å². The Kier molecular flexibility index (Phi) is 5.26. The van der Waals surface area contributed by atoms with Crippen LogP contribution in [0.2, 0.25) is 0 Å². The second kappa shape index (κ2) is 7.77. The van der Waals surface area contributed by atoms with Gasteiger partial charge < -0.3 is 10.1 Å². The predicted molar refractivity (Wildman–Crippen MR) is 98.5 cm³/mol. The molecule has 7 nitrogen and oxygen atoms in total. The highest BCUT2D eigenvalue weighted by atomic mass is 16.5. The zero-order valence-corrected chi connectivity index (χ0v) is 15.0. The number of amides is 1. The Morgan fingerprint density at radius 3 is 2.50 bits per heavy atom. The molecule has 134 valence electrons. The molecule has 26 heavy (non-hydrogen) atoms. The van der Waals surface area contributed by atoms with E-state index in [1.54, 1.807) is 36.5 Å². The van der Waals surface area contributed by atoms with Gasteiger partial charge in [-0.2, -0.15) is 0 Å². The summed E-state index contributed by atoms with van der Waals surface area (Å²) < 4.78 is 7.53. The van der Waals surface area contributed by atoms with Crippen molar-refractivity contribution in [2.24, 2.45) is 5.92 Å². The Bertz CT molecular complexity index is 870. The molecular weight excluding hydrogens is 330 g/mol. The Morgan fingerprint density at radius 1 is 1.15 bits per heavy atom. The summed E-state index contributed by atoms with van der Waals surface area (Å²) in [5.41, 5.74) is 0.736. The van der Waals surface area contributed by atoms with Crippen molar-refractivity contribution in [1.29, 1.82) is 0 Å². The molecule has 2 aromatic heterocycles. The first-order valence-electron chi connectivity index (χ1n) is 8.43. The maximum atomic E-state index is 11.8. The van der Waals surface area contributed by atoms with Crippen molar-refractivity contribution < 1.29 is 9.53 Å². The summed E-state index contributed by atoms with van der Waals surface area (Å²) in [6.07, 6.45) is 4.03. The number of carbonyl (C=O) groups is 1. The molecule has 0 aliphatic heterocycles. The first kappa shape index (κ1) is 17.6. The fourth-order valence-electron chi connectivity index (χ4n) is 2.43. The van der Waals surface area contributed by atoms with Gasteiger partial charge in [0.25, 0.3) is 0 Å². The van der Waals surface area contributed by atoms with Crippen LogP contribution in [0, 0.1) is 12.8 Å². The van der Waals surface area contributed by atoms with E-state index in [4.69, 9.17) is 4.74 Å². The van der Waals surface area contributed by atoms with Gasteiger partial charge in [0.15, 0.2) is 5.82 Å². The molecule has 7 heteroatoms. The van der Waals surface area contributed by atoms with E-state index in [0.717, 1.165) is 11.5 Å². The van der Waals surface area contributed by atoms with Crippen molar-refractivity contribution in [3.05, 3.63) is 54.6 Å². The van der Waals surface area contributed by atoms with E-state index in [-0.39, 0.29) is 5.91 Å². The normalized spacial score (nSPS) is 10.8. The summed E-state index contributed by atoms with van der Waals surface area (Å²) in [4.78, 5) is 15.9. The highest BCUT2D eigenvalue weighted by molar-refractivity contribution is 5.90. The number of carbonyl (C=O) groups excluding carboxylic acids is 1. The summed E-state index contributed by atoms with van der Waals surface area (Å²) in [6, 6.07) is 10.7. The van der Waals surface area contributed by atoms with Crippen molar-refractivity contribution >= 4 is 11.6 Å². The second-order valence-corrected chi connectivity index (χ2v) is 6.35. The third-order valence-electron chi connectivity index (χ3n) is 3.65. The zero-order chi connectivity index (χ0) is 18.5. The van der Waals surface area contributed by atoms with E-state index in [1.165, 1.54) is 0 Å². The molecule has 3 aromatic rings. The van der Waals surface area contributed by atoms with E-state index < -0.39 is 0 Å². The summed E-state index contributed by atoms with van der Waals surface area (Å²) in [7, 11) is 0. The fraction of sp³-hybridized carbons (Fsp3) is 0.263. The van der Waals surface area contributed by atoms with Crippen molar-refractivity contribution in [2.75, 3.05) is 5.32 Å². The molecule has 0 bridgehead atoms. The van der Waals surface area contributed by atoms with Crippen LogP contribution in [0.3, 0.4) is 0 Å². The monoisotopic (exact) mass is 351 g/mol. The first-order chi connectivity index (χ1) is 12.5. The maximum Gasteiger partial charge on any atom is 0.238 e. The number of nitrogens with zero attached hydrogens (tertiary/aromatic N) is 4. The molecule has 0 unspecified atom stereocenters. The van der Waals surface area contributed by atoms with Crippen LogP contribution in [0.1, 0.15) is 26.1 Å². The van der Waals surface area contributed by atoms with E-state index in [1.807, 2.05) is 37.6 Å². The Hall–Kier alpha value is -3.22. The summed E-state index contributed by atoms with van der Waals surface area (Å²) in [5, 5.41) is 11.1. The molecule has 3 rings (SSSR count). The average Bonchev–Trinajstić information content (AvgIpc) is 3.03. The van der Waals surface area contributed by atoms with E-state index in [0.29, 0.717) is 29.8 Å². The SMILES string of the molecule is Cc1nccn1-c1ccc(Oc2ccc(NC(=O)CC(C)C)cc2)nn1. The van der Waals surface area contributed by atoms with Crippen LogP contribution >= 0.6 is 0 Å². The molecule has 1 N–H and O–H groups in total. The van der Waals surface area contributed by atoms with E-state index in [9.17, 15) is 4.79 Å². The Balaban J connectivity index is 1.62. The maximum absolute atomic E-state index is 11.8. The smallest absolute Gasteiger partial charge is 0.238 e. The van der Waals surface area contributed by atoms with Gasteiger partial charge in [0.05, 0.1) is 0 Å². The fourth-order valence-corrected chi connectivity index (χ4v) is 2.43. The Labute approximate surface area is 152 Å². The lowest BCUT2D eigenvalue weighted by Crippen LogP contribution is -2.13. The Morgan fingerprint density at radius 2 is 1.92 bits per heavy atom. The van der Waals surface area contributed by atoms with Crippen molar-refractivity contribution in [1.82, 2.24) is 19.7 Å². The molecule has 0 radical (unpaired) electrons. The second-order valence-electron chi connectivity index (χ2n) is 6.35. The number of hydrogen-bond acceptors (Lipinski definition) is 5. The summed E-state index contributed by atoms with van der Waals surface area (Å²) in [6.45, 7) is 5.92. The number of aromatic nitrogens is 4. The van der Waals surface area contributed by atoms with E-state index >= 15 is 0 Å². The molecule has 0 aliphatic rings. The zero-order valence-electron chi connectivity index (χ0n) is 15.0. The van der Waals surface area contributed by atoms with Gasteiger partial charge in [-0.3, -0.25) is 9.36 Å². The summed E-state index contributed by atoms with van der Waals surface area (Å²) >= 11 is 0. The van der Waals surface area contributed by atoms with Gasteiger partial charge >= 0.3 is 0 Å². The molecule has 0 atom stereocenters. The number of benzene rings is 1. The van der Waals surface area contributed by atoms with Crippen LogP contribution < -0.4 is 10.1 Å². The molecule has 1 amide bonds. The number of anilines is 1. The van der Waals surface area contributed by atoms with Gasteiger partial charge in [-0.1, -0.05) is 13.8 Å². The van der Waals surface area contributed by atoms with Crippen LogP contribution in [-0.2, 0) is 4.79 Å². The van der Waals surface area contributed by atoms with Gasteiger partial charge in [0, 0.05) is 30.6 Å². The van der Waals surface area contributed by atoms with Crippen LogP contribution in [-0.4, -0.2) is 25.7 Å². The average molecular weight is 351 g/mol. The van der Waals surface area contributed by atoms with Crippen LogP contribution in [0.15, 0.2) is 48.8 Å². The number of ether oxygens (including phenoxy) is 1. The highest BCUT2D eigenvalue weighted by Crippen LogP contribution is 2.22. The molecule has 0 aliphatic carbocycles. The number of rotatable bonds is 6. The van der Waals surface area contributed by atoms with Crippen LogP contribution in [0.25, 0.3) is 5.82 Å². The van der Waals surface area contributed by atoms with Crippen LogP contribution in [0.5, 0.6) is 11.6 Å². The van der Waals surface area contributed by atoms with Crippen molar-refractivity contribution in [3.8, 4) is 17.4 Å². The lowest BCUT2D eigenvalue weighted by atomic mass is 10.1. The quantitative estimate of drug-likeness (QED) is 0.731. The molecule has 0 saturated carbocycles. The van der Waals surface area contributed by atoms with Gasteiger partial charge in [-0.25, -0.2) is 4.98 Å². The standard InChI is InChI=1S/C19H21N5O2/c1-13(2)12-18(25)21-15-4-6-16(7-5-15)26-19-9-8-17(22-23-19)24-11-10-20-14(24)3/h4-11,13H,12H2,1-3H3,(H,21,25). The minimum Gasteiger partial charge on any atom is -0.438 e. The van der Waals surface area contributed by atoms with Gasteiger partial charge in [-0.05, 0) is 43.2 Å². The molecule has 1 aromatic carbocycles. The highest BCUT2D eigenvalue weighted by Gasteiger charge is 2.07.